The third kappa shape index (κ3) is 6.41. The van der Waals surface area contributed by atoms with Gasteiger partial charge in [0.05, 0.1) is 0 Å². The van der Waals surface area contributed by atoms with Gasteiger partial charge < -0.3 is 4.42 Å². The maximum absolute atomic E-state index is 7.22. The molecule has 0 amide bonds. The molecule has 8 aromatic carbocycles. The standard InChI is InChI=1S/C42H52B26O/c43-15-9(23(51)26(54)12-10(15)27(55)36(64)37(65)28(12)56)11-24(52)20(48)7(21(49)25(11)53)1-3-5(18(46)34(62)32(60)16(3)44)2(6-4(1)17(45)33(61)35(63)19(6)47)8-22(50)29(57)13-14-30(58)38(66)39(67)40(68)42(14)69-41(13)31(8)59/h43-68H2. The van der Waals surface area contributed by atoms with Gasteiger partial charge in [0.15, 0.2) is 0 Å². The van der Waals surface area contributed by atoms with E-state index in [0.29, 0.717) is 0 Å². The molecule has 0 saturated carbocycles. The van der Waals surface area contributed by atoms with Crippen LogP contribution < -0.4 is 142 Å². The fraction of sp³-hybridized carbons (Fsp3) is 0. The van der Waals surface area contributed by atoms with Crippen molar-refractivity contribution in [2.45, 2.75) is 0 Å². The van der Waals surface area contributed by atoms with Crippen LogP contribution >= 0.6 is 0 Å². The van der Waals surface area contributed by atoms with Gasteiger partial charge in [0, 0.05) is 10.8 Å². The molecule has 27 heteroatoms. The second kappa shape index (κ2) is 16.8. The van der Waals surface area contributed by atoms with Gasteiger partial charge in [-0.3, -0.25) is 0 Å². The van der Waals surface area contributed by atoms with E-state index in [1.54, 1.807) is 0 Å². The molecule has 0 bridgehead atoms. The summed E-state index contributed by atoms with van der Waals surface area (Å²) in [6.45, 7) is 0. The van der Waals surface area contributed by atoms with Crippen molar-refractivity contribution in [2.75, 3.05) is 0 Å². The molecule has 1 nitrogen and oxygen atoms in total. The average Bonchev–Trinajstić information content (AvgIpc) is 3.73. The summed E-state index contributed by atoms with van der Waals surface area (Å²) in [4.78, 5) is 0. The first kappa shape index (κ1) is 50.0. The minimum atomic E-state index is 1.03. The predicted octanol–water partition coefficient (Wildman–Crippen LogP) is -33.2. The SMILES string of the molecule is Bc1c(B)c(-c2c3c(B)c(B)c(B)c(B)c3c(-c3c(B)c(B)c4c(oc5c(B)c(B)c(B)c(B)c54)c3B)c3c(B)c(B)c(B)c(B)c23)c(B)c(B)c1-c1c(B)c(B)c2c(B)c(B)c(B)c(B)c2c1B. The summed E-state index contributed by atoms with van der Waals surface area (Å²) in [7, 11) is 61.4. The van der Waals surface area contributed by atoms with Crippen molar-refractivity contribution in [1.29, 1.82) is 0 Å². The zero-order chi connectivity index (χ0) is 51.0. The Kier molecular flexibility index (Phi) is 12.2. The largest absolute Gasteiger partial charge is 0.457 e. The number of hydrogen-bond acceptors (Lipinski definition) is 1. The summed E-state index contributed by atoms with van der Waals surface area (Å²) in [5.74, 6) is 0. The summed E-state index contributed by atoms with van der Waals surface area (Å²) in [6, 6.07) is 0. The van der Waals surface area contributed by atoms with E-state index in [1.165, 1.54) is 219 Å². The topological polar surface area (TPSA) is 13.1 Å². The molecule has 0 fully saturated rings. The summed E-state index contributed by atoms with van der Waals surface area (Å²) in [6.07, 6.45) is 0. The number of fused-ring (bicyclic) bond motifs is 6. The van der Waals surface area contributed by atoms with Gasteiger partial charge in [-0.15, -0.1) is 38.2 Å². The number of rotatable bonds is 3. The van der Waals surface area contributed by atoms with Gasteiger partial charge in [-0.2, -0.15) is 0 Å². The van der Waals surface area contributed by atoms with Crippen LogP contribution in [0.1, 0.15) is 0 Å². The van der Waals surface area contributed by atoms with E-state index < -0.39 is 0 Å². The first-order valence-electron chi connectivity index (χ1n) is 25.7. The van der Waals surface area contributed by atoms with Crippen LogP contribution in [0.3, 0.4) is 0 Å². The molecular formula is C42H52B26O. The molecule has 1 heterocycles. The van der Waals surface area contributed by atoms with Crippen LogP contribution in [-0.2, 0) is 0 Å². The van der Waals surface area contributed by atoms with E-state index in [2.05, 4.69) is 204 Å². The molecule has 0 spiro atoms. The first-order chi connectivity index (χ1) is 32.2. The lowest BCUT2D eigenvalue weighted by Gasteiger charge is -2.32. The fourth-order valence-electron chi connectivity index (χ4n) is 13.8. The normalized spacial score (nSPS) is 11.8. The minimum absolute atomic E-state index is 1.03. The molecule has 0 saturated heterocycles. The van der Waals surface area contributed by atoms with Crippen LogP contribution in [0.4, 0.5) is 0 Å². The highest BCUT2D eigenvalue weighted by molar-refractivity contribution is 6.77. The summed E-state index contributed by atoms with van der Waals surface area (Å²) in [5, 5.41) is 11.0. The van der Waals surface area contributed by atoms with Crippen molar-refractivity contribution < 1.29 is 4.42 Å². The molecule has 69 heavy (non-hydrogen) atoms. The Bertz CT molecular complexity index is 3860. The third-order valence-corrected chi connectivity index (χ3v) is 19.8. The summed E-state index contributed by atoms with van der Waals surface area (Å²) < 4.78 is 7.22. The van der Waals surface area contributed by atoms with Crippen molar-refractivity contribution in [3.05, 3.63) is 0 Å². The molecule has 0 atom stereocenters. The van der Waals surface area contributed by atoms with Gasteiger partial charge in [-0.1, -0.05) is 98.3 Å². The highest BCUT2D eigenvalue weighted by atomic mass is 16.3. The van der Waals surface area contributed by atoms with Crippen molar-refractivity contribution in [1.82, 2.24) is 0 Å². The highest BCUT2D eigenvalue weighted by Gasteiger charge is 2.31. The third-order valence-electron chi connectivity index (χ3n) is 19.8. The van der Waals surface area contributed by atoms with Crippen molar-refractivity contribution in [3.8, 4) is 33.4 Å². The lowest BCUT2D eigenvalue weighted by molar-refractivity contribution is 0.675. The predicted molar refractivity (Wildman–Crippen MR) is 395 cm³/mol. The molecule has 9 aromatic rings. The molecule has 0 aliphatic rings. The van der Waals surface area contributed by atoms with Crippen LogP contribution in [0.2, 0.25) is 0 Å². The zero-order valence-electron chi connectivity index (χ0n) is 47.4. The van der Waals surface area contributed by atoms with E-state index in [-0.39, 0.29) is 0 Å². The molecule has 304 valence electrons. The van der Waals surface area contributed by atoms with Crippen LogP contribution in [0.5, 0.6) is 0 Å². The van der Waals surface area contributed by atoms with Gasteiger partial charge in [-0.25, -0.2) is 0 Å². The van der Waals surface area contributed by atoms with Crippen LogP contribution in [0.15, 0.2) is 4.42 Å². The Morgan fingerprint density at radius 1 is 0.130 bits per heavy atom. The smallest absolute Gasteiger partial charge is 0.145 e. The Morgan fingerprint density at radius 2 is 0.319 bits per heavy atom. The highest BCUT2D eigenvalue weighted by Crippen LogP contribution is 2.39. The van der Waals surface area contributed by atoms with Gasteiger partial charge >= 0.3 is 0 Å². The lowest BCUT2D eigenvalue weighted by Crippen LogP contribution is -2.53. The molecule has 1 aromatic heterocycles. The lowest BCUT2D eigenvalue weighted by atomic mass is 9.55. The summed E-state index contributed by atoms with van der Waals surface area (Å²) in [5.41, 5.74) is 45.9. The molecule has 9 rings (SSSR count). The van der Waals surface area contributed by atoms with E-state index >= 15 is 0 Å². The second-order valence-corrected chi connectivity index (χ2v) is 22.3. The Labute approximate surface area is 435 Å². The number of hydrogen-bond donors (Lipinski definition) is 0. The van der Waals surface area contributed by atoms with E-state index in [9.17, 15) is 0 Å². The average molecular weight is 854 g/mol. The van der Waals surface area contributed by atoms with Crippen LogP contribution in [-0.4, -0.2) is 204 Å². The molecule has 0 aliphatic heterocycles. The van der Waals surface area contributed by atoms with Crippen LogP contribution in [0.25, 0.3) is 87.6 Å². The Morgan fingerprint density at radius 3 is 0.667 bits per heavy atom. The van der Waals surface area contributed by atoms with E-state index in [4.69, 9.17) is 4.42 Å². The molecular weight excluding hydrogens is 802 g/mol. The maximum Gasteiger partial charge on any atom is 0.145 e. The number of benzene rings is 8. The van der Waals surface area contributed by atoms with Gasteiger partial charge in [0.2, 0.25) is 0 Å². The fourth-order valence-corrected chi connectivity index (χ4v) is 13.8. The number of furan rings is 1. The molecule has 0 aliphatic carbocycles. The monoisotopic (exact) mass is 859 g/mol. The first-order valence-corrected chi connectivity index (χ1v) is 25.7. The van der Waals surface area contributed by atoms with Gasteiger partial charge in [0.25, 0.3) is 0 Å². The zero-order valence-corrected chi connectivity index (χ0v) is 47.4. The summed E-state index contributed by atoms with van der Waals surface area (Å²) >= 11 is 0. The second-order valence-electron chi connectivity index (χ2n) is 22.3. The van der Waals surface area contributed by atoms with Gasteiger partial charge in [-0.05, 0) is 71.2 Å². The Hall–Kier alpha value is -3.97. The maximum atomic E-state index is 7.22. The Balaban J connectivity index is 1.52. The van der Waals surface area contributed by atoms with E-state index in [1.807, 2.05) is 0 Å². The van der Waals surface area contributed by atoms with Crippen molar-refractivity contribution in [2.24, 2.45) is 0 Å². The molecule has 0 radical (unpaired) electrons. The molecule has 0 N–H and O–H groups in total. The van der Waals surface area contributed by atoms with Gasteiger partial charge in [0.1, 0.15) is 215 Å². The minimum Gasteiger partial charge on any atom is -0.457 e. The molecule has 0 unspecified atom stereocenters. The van der Waals surface area contributed by atoms with E-state index in [0.717, 1.165) is 11.2 Å². The van der Waals surface area contributed by atoms with Crippen molar-refractivity contribution in [3.63, 3.8) is 0 Å². The van der Waals surface area contributed by atoms with Crippen molar-refractivity contribution >= 4 is 400 Å². The quantitative estimate of drug-likeness (QED) is 0.127. The van der Waals surface area contributed by atoms with Crippen LogP contribution in [0, 0.1) is 0 Å².